The average molecular weight is 334 g/mol. The number of nitrogens with zero attached hydrogens (tertiary/aromatic N) is 1. The molecule has 0 aromatic carbocycles. The van der Waals surface area contributed by atoms with E-state index in [2.05, 4.69) is 31.0 Å². The van der Waals surface area contributed by atoms with Crippen LogP contribution >= 0.6 is 15.9 Å². The topological polar surface area (TPSA) is 71.1 Å². The summed E-state index contributed by atoms with van der Waals surface area (Å²) in [7, 11) is -3.33. The van der Waals surface area contributed by atoms with Gasteiger partial charge in [-0.1, -0.05) is 0 Å². The fraction of sp³-hybridized carbons (Fsp3) is 0.545. The van der Waals surface area contributed by atoms with Crippen molar-refractivity contribution in [2.75, 3.05) is 17.8 Å². The quantitative estimate of drug-likeness (QED) is 0.882. The normalized spacial score (nSPS) is 17.7. The number of nitrogens with one attached hydrogen (secondary N) is 2. The van der Waals surface area contributed by atoms with Crippen LogP contribution in [0.1, 0.15) is 18.4 Å². The Kier molecular flexibility index (Phi) is 4.24. The molecule has 0 spiro atoms. The van der Waals surface area contributed by atoms with E-state index in [9.17, 15) is 8.42 Å². The number of rotatable bonds is 3. The molecule has 18 heavy (non-hydrogen) atoms. The van der Waals surface area contributed by atoms with Gasteiger partial charge in [0.2, 0.25) is 10.0 Å². The van der Waals surface area contributed by atoms with Crippen molar-refractivity contribution in [3.05, 3.63) is 22.3 Å². The fourth-order valence-corrected chi connectivity index (χ4v) is 3.57. The molecule has 2 rings (SSSR count). The Hall–Kier alpha value is -0.660. The zero-order valence-electron chi connectivity index (χ0n) is 10.1. The van der Waals surface area contributed by atoms with Gasteiger partial charge in [-0.05, 0) is 60.4 Å². The highest BCUT2D eigenvalue weighted by Gasteiger charge is 2.27. The molecule has 2 heterocycles. The number of aromatic nitrogens is 1. The third-order valence-electron chi connectivity index (χ3n) is 3.02. The van der Waals surface area contributed by atoms with Gasteiger partial charge in [0.05, 0.1) is 5.25 Å². The van der Waals surface area contributed by atoms with Crippen molar-refractivity contribution in [3.63, 3.8) is 0 Å². The van der Waals surface area contributed by atoms with Crippen LogP contribution in [0.3, 0.4) is 0 Å². The number of anilines is 1. The first-order chi connectivity index (χ1) is 8.49. The summed E-state index contributed by atoms with van der Waals surface area (Å²) in [5.41, 5.74) is 0.952. The number of aryl methyl sites for hydroxylation is 1. The van der Waals surface area contributed by atoms with Gasteiger partial charge in [-0.2, -0.15) is 0 Å². The minimum atomic E-state index is -3.33. The van der Waals surface area contributed by atoms with Crippen LogP contribution in [-0.4, -0.2) is 31.7 Å². The highest BCUT2D eigenvalue weighted by atomic mass is 79.9. The molecular formula is C11H16BrN3O2S. The summed E-state index contributed by atoms with van der Waals surface area (Å²) in [6, 6.07) is 1.72. The Bertz CT molecular complexity index is 527. The molecule has 1 aromatic rings. The van der Waals surface area contributed by atoms with Gasteiger partial charge in [0.15, 0.2) is 0 Å². The maximum absolute atomic E-state index is 12.2. The average Bonchev–Trinajstić information content (AvgIpc) is 2.35. The van der Waals surface area contributed by atoms with Crippen LogP contribution in [0.15, 0.2) is 16.7 Å². The Morgan fingerprint density at radius 2 is 2.11 bits per heavy atom. The van der Waals surface area contributed by atoms with Gasteiger partial charge in [-0.25, -0.2) is 13.4 Å². The van der Waals surface area contributed by atoms with Gasteiger partial charge < -0.3 is 5.32 Å². The molecule has 2 N–H and O–H groups in total. The number of halogens is 1. The van der Waals surface area contributed by atoms with E-state index in [0.29, 0.717) is 18.7 Å². The molecule has 1 saturated heterocycles. The van der Waals surface area contributed by atoms with Crippen molar-refractivity contribution in [3.8, 4) is 0 Å². The van der Waals surface area contributed by atoms with Gasteiger partial charge in [0.25, 0.3) is 0 Å². The zero-order valence-corrected chi connectivity index (χ0v) is 12.5. The van der Waals surface area contributed by atoms with Crippen molar-refractivity contribution < 1.29 is 8.42 Å². The summed E-state index contributed by atoms with van der Waals surface area (Å²) in [5, 5.41) is 2.82. The minimum absolute atomic E-state index is 0.329. The van der Waals surface area contributed by atoms with E-state index in [4.69, 9.17) is 0 Å². The second kappa shape index (κ2) is 5.54. The van der Waals surface area contributed by atoms with E-state index in [1.54, 1.807) is 12.3 Å². The summed E-state index contributed by atoms with van der Waals surface area (Å²) in [4.78, 5) is 4.07. The van der Waals surface area contributed by atoms with Crippen LogP contribution in [0, 0.1) is 6.92 Å². The van der Waals surface area contributed by atoms with Crippen molar-refractivity contribution in [2.45, 2.75) is 25.0 Å². The largest absolute Gasteiger partial charge is 0.317 e. The van der Waals surface area contributed by atoms with E-state index >= 15 is 0 Å². The molecule has 0 bridgehead atoms. The molecule has 0 amide bonds. The lowest BCUT2D eigenvalue weighted by Crippen LogP contribution is -2.38. The Morgan fingerprint density at radius 1 is 1.44 bits per heavy atom. The minimum Gasteiger partial charge on any atom is -0.317 e. The molecule has 0 radical (unpaired) electrons. The monoisotopic (exact) mass is 333 g/mol. The predicted molar refractivity (Wildman–Crippen MR) is 75.1 cm³/mol. The van der Waals surface area contributed by atoms with E-state index in [0.717, 1.165) is 23.1 Å². The van der Waals surface area contributed by atoms with E-state index in [-0.39, 0.29) is 5.25 Å². The lowest BCUT2D eigenvalue weighted by molar-refractivity contribution is 0.499. The number of hydrogen-bond acceptors (Lipinski definition) is 4. The van der Waals surface area contributed by atoms with E-state index in [1.807, 2.05) is 6.92 Å². The number of pyridine rings is 1. The summed E-state index contributed by atoms with van der Waals surface area (Å²) in [6.45, 7) is 3.39. The lowest BCUT2D eigenvalue weighted by Gasteiger charge is -2.23. The van der Waals surface area contributed by atoms with Gasteiger partial charge in [0, 0.05) is 10.7 Å². The highest BCUT2D eigenvalue weighted by molar-refractivity contribution is 9.10. The lowest BCUT2D eigenvalue weighted by atomic mass is 10.2. The van der Waals surface area contributed by atoms with Crippen LogP contribution in [0.4, 0.5) is 5.82 Å². The molecule has 1 aliphatic heterocycles. The van der Waals surface area contributed by atoms with E-state index in [1.165, 1.54) is 0 Å². The molecule has 7 heteroatoms. The molecule has 0 saturated carbocycles. The highest BCUT2D eigenvalue weighted by Crippen LogP contribution is 2.20. The third-order valence-corrected chi connectivity index (χ3v) is 5.69. The first kappa shape index (κ1) is 13.8. The van der Waals surface area contributed by atoms with Crippen molar-refractivity contribution in [1.29, 1.82) is 0 Å². The molecule has 0 aliphatic carbocycles. The SMILES string of the molecule is Cc1cc(NS(=O)(=O)C2CCNCC2)ncc1Br. The smallest absolute Gasteiger partial charge is 0.236 e. The van der Waals surface area contributed by atoms with Crippen molar-refractivity contribution in [1.82, 2.24) is 10.3 Å². The van der Waals surface area contributed by atoms with Crippen LogP contribution in [0.5, 0.6) is 0 Å². The van der Waals surface area contributed by atoms with Crippen LogP contribution in [0.25, 0.3) is 0 Å². The predicted octanol–water partition coefficient (Wildman–Crippen LogP) is 1.65. The second-order valence-corrected chi connectivity index (χ2v) is 7.23. The standard InChI is InChI=1S/C11H16BrN3O2S/c1-8-6-11(14-7-10(8)12)15-18(16,17)9-2-4-13-5-3-9/h6-7,9,13H,2-5H2,1H3,(H,14,15). The van der Waals surface area contributed by atoms with Crippen LogP contribution < -0.4 is 10.0 Å². The molecule has 100 valence electrons. The summed E-state index contributed by atoms with van der Waals surface area (Å²) in [5.74, 6) is 0.384. The van der Waals surface area contributed by atoms with Gasteiger partial charge >= 0.3 is 0 Å². The first-order valence-corrected chi connectivity index (χ1v) is 8.17. The van der Waals surface area contributed by atoms with Gasteiger partial charge in [-0.15, -0.1) is 0 Å². The molecule has 0 atom stereocenters. The van der Waals surface area contributed by atoms with Gasteiger partial charge in [-0.3, -0.25) is 4.72 Å². The molecule has 1 fully saturated rings. The Labute approximate surface area is 116 Å². The maximum Gasteiger partial charge on any atom is 0.236 e. The Balaban J connectivity index is 2.13. The summed E-state index contributed by atoms with van der Waals surface area (Å²) in [6.07, 6.45) is 2.89. The molecule has 1 aliphatic rings. The van der Waals surface area contributed by atoms with Crippen LogP contribution in [-0.2, 0) is 10.0 Å². The molecule has 5 nitrogen and oxygen atoms in total. The maximum atomic E-state index is 12.2. The molecular weight excluding hydrogens is 318 g/mol. The van der Waals surface area contributed by atoms with Crippen LogP contribution in [0.2, 0.25) is 0 Å². The Morgan fingerprint density at radius 3 is 2.72 bits per heavy atom. The first-order valence-electron chi connectivity index (χ1n) is 5.83. The summed E-state index contributed by atoms with van der Waals surface area (Å²) >= 11 is 3.34. The number of sulfonamides is 1. The number of hydrogen-bond donors (Lipinski definition) is 2. The molecule has 0 unspecified atom stereocenters. The molecule has 1 aromatic heterocycles. The zero-order chi connectivity index (χ0) is 13.2. The summed E-state index contributed by atoms with van der Waals surface area (Å²) < 4.78 is 27.8. The van der Waals surface area contributed by atoms with E-state index < -0.39 is 10.0 Å². The third kappa shape index (κ3) is 3.21. The van der Waals surface area contributed by atoms with Crippen molar-refractivity contribution >= 4 is 31.8 Å². The second-order valence-electron chi connectivity index (χ2n) is 4.42. The van der Waals surface area contributed by atoms with Crippen molar-refractivity contribution in [2.24, 2.45) is 0 Å². The van der Waals surface area contributed by atoms with Gasteiger partial charge in [0.1, 0.15) is 5.82 Å². The number of piperidine rings is 1. The fourth-order valence-electron chi connectivity index (χ4n) is 1.93.